The van der Waals surface area contributed by atoms with Crippen LogP contribution in [0.5, 0.6) is 0 Å². The lowest BCUT2D eigenvalue weighted by atomic mass is 9.90. The average Bonchev–Trinajstić information content (AvgIpc) is 3.00. The van der Waals surface area contributed by atoms with Crippen LogP contribution in [0.4, 0.5) is 24.7 Å². The van der Waals surface area contributed by atoms with Crippen LogP contribution in [-0.4, -0.2) is 40.5 Å². The summed E-state index contributed by atoms with van der Waals surface area (Å²) in [5.74, 6) is -4.83. The Morgan fingerprint density at radius 1 is 1.22 bits per heavy atom. The van der Waals surface area contributed by atoms with Gasteiger partial charge in [0, 0.05) is 35.6 Å². The minimum atomic E-state index is -3.81. The second-order valence-corrected chi connectivity index (χ2v) is 10.1. The summed E-state index contributed by atoms with van der Waals surface area (Å²) in [6.07, 6.45) is 0. The van der Waals surface area contributed by atoms with E-state index in [1.54, 1.807) is 32.7 Å². The van der Waals surface area contributed by atoms with Gasteiger partial charge in [0.15, 0.2) is 11.4 Å². The smallest absolute Gasteiger partial charge is 0.303 e. The molecule has 198 valence electrons. The van der Waals surface area contributed by atoms with Gasteiger partial charge in [-0.15, -0.1) is 5.10 Å². The lowest BCUT2D eigenvalue weighted by Gasteiger charge is -2.30. The number of amides is 1. The number of nitrogens with zero attached hydrogens (tertiary/aromatic N) is 3. The molecular formula is C27H31F3N4O3. The summed E-state index contributed by atoms with van der Waals surface area (Å²) in [7, 11) is 1.68. The topological polar surface area (TPSA) is 87.6 Å². The highest BCUT2D eigenvalue weighted by Gasteiger charge is 2.49. The largest absolute Gasteiger partial charge is 0.384 e. The van der Waals surface area contributed by atoms with Gasteiger partial charge in [-0.2, -0.15) is 13.9 Å². The molecule has 0 fully saturated rings. The molecule has 0 aliphatic carbocycles. The highest BCUT2D eigenvalue weighted by atomic mass is 19.3. The van der Waals surface area contributed by atoms with Crippen molar-refractivity contribution < 1.29 is 27.8 Å². The number of aromatic nitrogens is 2. The molecule has 0 spiro atoms. The van der Waals surface area contributed by atoms with Crippen molar-refractivity contribution in [2.45, 2.75) is 64.7 Å². The van der Waals surface area contributed by atoms with Crippen LogP contribution in [0.3, 0.4) is 0 Å². The van der Waals surface area contributed by atoms with E-state index in [1.807, 2.05) is 19.1 Å². The number of halogens is 3. The number of hydrogen-bond donors (Lipinski definition) is 2. The molecule has 0 radical (unpaired) electrons. The molecule has 1 aromatic heterocycles. The third-order valence-corrected chi connectivity index (χ3v) is 7.06. The van der Waals surface area contributed by atoms with Crippen molar-refractivity contribution in [2.75, 3.05) is 23.9 Å². The molecule has 2 heterocycles. The summed E-state index contributed by atoms with van der Waals surface area (Å²) in [5, 5.41) is 22.9. The molecule has 2 N–H and O–H groups in total. The van der Waals surface area contributed by atoms with Crippen molar-refractivity contribution in [1.82, 2.24) is 10.2 Å². The molecule has 1 unspecified atom stereocenters. The zero-order valence-corrected chi connectivity index (χ0v) is 21.9. The average molecular weight is 517 g/mol. The monoisotopic (exact) mass is 516 g/mol. The maximum absolute atomic E-state index is 15.4. The first-order valence-corrected chi connectivity index (χ1v) is 12.0. The Bertz CT molecular complexity index is 1390. The molecule has 0 saturated heterocycles. The van der Waals surface area contributed by atoms with Crippen LogP contribution in [0.2, 0.25) is 0 Å². The fraction of sp³-hybridized carbons (Fsp3) is 0.444. The first kappa shape index (κ1) is 26.8. The maximum atomic E-state index is 15.4. The molecule has 4 rings (SSSR count). The number of carbonyl (C=O) groups excluding carboxylic acids is 1. The Morgan fingerprint density at radius 3 is 2.51 bits per heavy atom. The van der Waals surface area contributed by atoms with Gasteiger partial charge in [-0.25, -0.2) is 4.39 Å². The number of rotatable bonds is 7. The molecule has 2 atom stereocenters. The van der Waals surface area contributed by atoms with Gasteiger partial charge in [0.25, 0.3) is 5.91 Å². The minimum Gasteiger partial charge on any atom is -0.384 e. The molecular weight excluding hydrogens is 485 g/mol. The molecule has 1 amide bonds. The Balaban J connectivity index is 1.80. The van der Waals surface area contributed by atoms with E-state index >= 15 is 4.39 Å². The van der Waals surface area contributed by atoms with Gasteiger partial charge in [-0.1, -0.05) is 12.1 Å². The van der Waals surface area contributed by atoms with Gasteiger partial charge in [0.2, 0.25) is 0 Å². The Labute approximate surface area is 213 Å². The number of ether oxygens (including phenoxy) is 1. The third-order valence-electron chi connectivity index (χ3n) is 7.06. The minimum absolute atomic E-state index is 0.0211. The van der Waals surface area contributed by atoms with Crippen molar-refractivity contribution in [2.24, 2.45) is 0 Å². The lowest BCUT2D eigenvalue weighted by molar-refractivity contribution is -0.170. The number of carbonyl (C=O) groups is 1. The van der Waals surface area contributed by atoms with E-state index in [4.69, 9.17) is 4.74 Å². The number of benzene rings is 2. The third kappa shape index (κ3) is 4.12. The first-order chi connectivity index (χ1) is 17.1. The van der Waals surface area contributed by atoms with E-state index < -0.39 is 34.5 Å². The first-order valence-electron chi connectivity index (χ1n) is 12.0. The number of likely N-dealkylation sites (N-methyl/N-ethyl adjacent to an activating group) is 1. The zero-order valence-electron chi connectivity index (χ0n) is 21.9. The predicted octanol–water partition coefficient (Wildman–Crippen LogP) is 5.34. The number of alkyl halides is 2. The molecule has 1 aliphatic rings. The maximum Gasteiger partial charge on any atom is 0.303 e. The molecule has 10 heteroatoms. The SMILES string of the molecule is CCOC1(C)C(=O)N(C)c2cc3c(C)nnc(N[C@H](C)c4cccc(C(F)(F)C(C)(C)O)c4F)c3cc21. The number of nitrogens with one attached hydrogen (secondary N) is 1. The van der Waals surface area contributed by atoms with Crippen molar-refractivity contribution >= 4 is 28.2 Å². The Hall–Kier alpha value is -3.24. The van der Waals surface area contributed by atoms with Gasteiger partial charge < -0.3 is 20.1 Å². The van der Waals surface area contributed by atoms with Gasteiger partial charge in [0.1, 0.15) is 11.4 Å². The summed E-state index contributed by atoms with van der Waals surface area (Å²) >= 11 is 0. The van der Waals surface area contributed by atoms with Gasteiger partial charge >= 0.3 is 5.92 Å². The van der Waals surface area contributed by atoms with Crippen LogP contribution in [0, 0.1) is 12.7 Å². The van der Waals surface area contributed by atoms with Crippen LogP contribution in [0.1, 0.15) is 63.0 Å². The van der Waals surface area contributed by atoms with Crippen LogP contribution >= 0.6 is 0 Å². The molecule has 1 aliphatic heterocycles. The summed E-state index contributed by atoms with van der Waals surface area (Å²) in [5.41, 5.74) is -2.58. The van der Waals surface area contributed by atoms with Gasteiger partial charge in [-0.05, 0) is 59.7 Å². The number of anilines is 2. The Morgan fingerprint density at radius 2 is 1.89 bits per heavy atom. The van der Waals surface area contributed by atoms with Crippen molar-refractivity contribution in [3.63, 3.8) is 0 Å². The molecule has 3 aromatic rings. The number of fused-ring (bicyclic) bond motifs is 2. The molecule has 0 bridgehead atoms. The summed E-state index contributed by atoms with van der Waals surface area (Å²) in [6, 6.07) is 6.57. The Kier molecular flexibility index (Phi) is 6.49. The molecule has 37 heavy (non-hydrogen) atoms. The van der Waals surface area contributed by atoms with Gasteiger partial charge in [0.05, 0.1) is 23.0 Å². The molecule has 7 nitrogen and oxygen atoms in total. The quantitative estimate of drug-likeness (QED) is 0.441. The van der Waals surface area contributed by atoms with Crippen molar-refractivity contribution in [3.8, 4) is 0 Å². The predicted molar refractivity (Wildman–Crippen MR) is 135 cm³/mol. The normalized spacial score (nSPS) is 18.9. The molecule has 2 aromatic carbocycles. The zero-order chi connectivity index (χ0) is 27.5. The number of aryl methyl sites for hydroxylation is 1. The summed E-state index contributed by atoms with van der Waals surface area (Å²) in [4.78, 5) is 14.6. The van der Waals surface area contributed by atoms with E-state index in [1.165, 1.54) is 12.1 Å². The highest BCUT2D eigenvalue weighted by molar-refractivity contribution is 6.10. The van der Waals surface area contributed by atoms with E-state index in [0.29, 0.717) is 34.8 Å². The summed E-state index contributed by atoms with van der Waals surface area (Å²) < 4.78 is 50.8. The van der Waals surface area contributed by atoms with E-state index in [2.05, 4.69) is 15.5 Å². The second kappa shape index (κ2) is 8.95. The van der Waals surface area contributed by atoms with Crippen LogP contribution in [0.15, 0.2) is 30.3 Å². The van der Waals surface area contributed by atoms with Crippen molar-refractivity contribution in [3.05, 3.63) is 58.5 Å². The highest BCUT2D eigenvalue weighted by Crippen LogP contribution is 2.45. The van der Waals surface area contributed by atoms with Crippen LogP contribution < -0.4 is 10.2 Å². The standard InChI is InChI=1S/C27H31F3N4O3/c1-8-37-26(6)20-12-18-17(13-21(20)34(7)24(26)35)15(3)32-33-23(18)31-14(2)16-10-9-11-19(22(16)28)27(29,30)25(4,5)36/h9-14,36H,8H2,1-7H3,(H,31,33)/t14-,26?/m1/s1. The number of hydrogen-bond acceptors (Lipinski definition) is 6. The lowest BCUT2D eigenvalue weighted by Crippen LogP contribution is -2.41. The van der Waals surface area contributed by atoms with E-state index in [9.17, 15) is 18.7 Å². The van der Waals surface area contributed by atoms with Gasteiger partial charge in [-0.3, -0.25) is 4.79 Å². The number of aliphatic hydroxyl groups is 1. The fourth-order valence-electron chi connectivity index (χ4n) is 4.79. The van der Waals surface area contributed by atoms with Crippen LogP contribution in [-0.2, 0) is 21.1 Å². The molecule has 0 saturated carbocycles. The van der Waals surface area contributed by atoms with E-state index in [0.717, 1.165) is 25.3 Å². The summed E-state index contributed by atoms with van der Waals surface area (Å²) in [6.45, 7) is 9.13. The van der Waals surface area contributed by atoms with Crippen molar-refractivity contribution in [1.29, 1.82) is 0 Å². The van der Waals surface area contributed by atoms with Crippen LogP contribution in [0.25, 0.3) is 10.8 Å². The second-order valence-electron chi connectivity index (χ2n) is 10.1. The fourth-order valence-corrected chi connectivity index (χ4v) is 4.79. The van der Waals surface area contributed by atoms with E-state index in [-0.39, 0.29) is 11.5 Å².